The average Bonchev–Trinajstić information content (AvgIpc) is 3.26. The van der Waals surface area contributed by atoms with Crippen molar-refractivity contribution in [2.24, 2.45) is 0 Å². The zero-order valence-corrected chi connectivity index (χ0v) is 18.9. The van der Waals surface area contributed by atoms with Crippen molar-refractivity contribution in [3.8, 4) is 5.69 Å². The molecular weight excluding hydrogens is 426 g/mol. The van der Waals surface area contributed by atoms with Crippen LogP contribution in [0.25, 0.3) is 5.69 Å². The first kappa shape index (κ1) is 21.9. The number of nitrogens with zero attached hydrogens (tertiary/aromatic N) is 5. The van der Waals surface area contributed by atoms with Crippen molar-refractivity contribution in [2.45, 2.75) is 19.0 Å². The van der Waals surface area contributed by atoms with Gasteiger partial charge in [0.2, 0.25) is 5.91 Å². The Hall–Kier alpha value is -3.33. The molecule has 1 amide bonds. The van der Waals surface area contributed by atoms with Gasteiger partial charge in [0.1, 0.15) is 5.69 Å². The fourth-order valence-corrected chi connectivity index (χ4v) is 4.82. The number of carbonyl (C=O) groups is 1. The number of anilines is 1. The second kappa shape index (κ2) is 9.44. The van der Waals surface area contributed by atoms with E-state index in [1.807, 2.05) is 20.6 Å². The van der Waals surface area contributed by atoms with Crippen LogP contribution in [0.1, 0.15) is 11.1 Å². The molecule has 1 saturated heterocycles. The first-order valence-corrected chi connectivity index (χ1v) is 11.4. The maximum absolute atomic E-state index is 12.8. The molecule has 1 aliphatic rings. The van der Waals surface area contributed by atoms with Crippen molar-refractivity contribution in [1.29, 1.82) is 0 Å². The number of para-hydroxylation sites is 2. The van der Waals surface area contributed by atoms with Crippen molar-refractivity contribution >= 4 is 29.0 Å². The molecule has 1 aromatic heterocycles. The topological polar surface area (TPSA) is 84.5 Å². The highest BCUT2D eigenvalue weighted by Crippen LogP contribution is 2.29. The molecule has 0 unspecified atom stereocenters. The average molecular weight is 452 g/mol. The van der Waals surface area contributed by atoms with Crippen molar-refractivity contribution in [2.75, 3.05) is 36.8 Å². The Morgan fingerprint density at radius 2 is 1.84 bits per heavy atom. The lowest BCUT2D eigenvalue weighted by molar-refractivity contribution is -0.384. The van der Waals surface area contributed by atoms with Crippen molar-refractivity contribution in [3.63, 3.8) is 0 Å². The highest BCUT2D eigenvalue weighted by molar-refractivity contribution is 7.99. The molecule has 0 atom stereocenters. The van der Waals surface area contributed by atoms with E-state index in [4.69, 9.17) is 0 Å². The predicted molar refractivity (Wildman–Crippen MR) is 126 cm³/mol. The summed E-state index contributed by atoms with van der Waals surface area (Å²) in [7, 11) is 0. The summed E-state index contributed by atoms with van der Waals surface area (Å²) in [5.74, 6) is 0.348. The van der Waals surface area contributed by atoms with E-state index in [-0.39, 0.29) is 16.5 Å². The van der Waals surface area contributed by atoms with Gasteiger partial charge in [-0.05, 0) is 31.5 Å². The minimum Gasteiger partial charge on any atom is -0.362 e. The molecule has 166 valence electrons. The first-order valence-electron chi connectivity index (χ1n) is 10.4. The summed E-state index contributed by atoms with van der Waals surface area (Å²) in [5, 5.41) is 12.1. The molecule has 2 aromatic carbocycles. The van der Waals surface area contributed by atoms with Crippen molar-refractivity contribution in [1.82, 2.24) is 14.5 Å². The van der Waals surface area contributed by atoms with Crippen LogP contribution in [0.2, 0.25) is 0 Å². The predicted octanol–water partition coefficient (Wildman–Crippen LogP) is 3.84. The monoisotopic (exact) mass is 451 g/mol. The van der Waals surface area contributed by atoms with E-state index in [0.717, 1.165) is 16.4 Å². The molecule has 3 aromatic rings. The van der Waals surface area contributed by atoms with Crippen LogP contribution < -0.4 is 4.90 Å². The molecule has 1 aliphatic heterocycles. The van der Waals surface area contributed by atoms with E-state index < -0.39 is 0 Å². The number of piperazine rings is 1. The molecule has 4 rings (SSSR count). The standard InChI is InChI=1S/C23H25N5O3S/c1-17-7-8-19(18(2)15-17)27-10-9-24-23(27)32-16-22(29)26-13-11-25(12-14-26)20-5-3-4-6-21(20)28(30)31/h3-10,15H,11-14,16H2,1-2H3. The van der Waals surface area contributed by atoms with Gasteiger partial charge < -0.3 is 9.80 Å². The molecule has 0 spiro atoms. The molecular formula is C23H25N5O3S. The Labute approximate surface area is 191 Å². The molecule has 2 heterocycles. The highest BCUT2D eigenvalue weighted by atomic mass is 32.2. The van der Waals surface area contributed by atoms with E-state index >= 15 is 0 Å². The number of aromatic nitrogens is 2. The third kappa shape index (κ3) is 4.62. The maximum atomic E-state index is 12.8. The lowest BCUT2D eigenvalue weighted by Gasteiger charge is -2.35. The normalized spacial score (nSPS) is 13.9. The van der Waals surface area contributed by atoms with Crippen LogP contribution in [-0.4, -0.2) is 57.2 Å². The molecule has 0 radical (unpaired) electrons. The summed E-state index contributed by atoms with van der Waals surface area (Å²) in [6.45, 7) is 6.35. The molecule has 0 N–H and O–H groups in total. The van der Waals surface area contributed by atoms with E-state index in [0.29, 0.717) is 37.6 Å². The van der Waals surface area contributed by atoms with Gasteiger partial charge in [0, 0.05) is 44.6 Å². The summed E-state index contributed by atoms with van der Waals surface area (Å²) < 4.78 is 2.01. The van der Waals surface area contributed by atoms with Gasteiger partial charge in [-0.3, -0.25) is 19.5 Å². The van der Waals surface area contributed by atoms with E-state index in [1.165, 1.54) is 23.4 Å². The van der Waals surface area contributed by atoms with Crippen LogP contribution in [0, 0.1) is 24.0 Å². The fourth-order valence-electron chi connectivity index (χ4n) is 3.96. The van der Waals surface area contributed by atoms with Crippen LogP contribution >= 0.6 is 11.8 Å². The smallest absolute Gasteiger partial charge is 0.292 e. The summed E-state index contributed by atoms with van der Waals surface area (Å²) in [6, 6.07) is 13.0. The van der Waals surface area contributed by atoms with Gasteiger partial charge in [0.25, 0.3) is 5.69 Å². The minimum absolute atomic E-state index is 0.0485. The summed E-state index contributed by atoms with van der Waals surface area (Å²) in [4.78, 5) is 32.0. The van der Waals surface area contributed by atoms with Gasteiger partial charge in [-0.25, -0.2) is 4.98 Å². The summed E-state index contributed by atoms with van der Waals surface area (Å²) in [5.41, 5.74) is 4.12. The third-order valence-electron chi connectivity index (χ3n) is 5.59. The third-order valence-corrected chi connectivity index (χ3v) is 6.55. The molecule has 9 heteroatoms. The number of amides is 1. The summed E-state index contributed by atoms with van der Waals surface area (Å²) >= 11 is 1.42. The Morgan fingerprint density at radius 3 is 2.56 bits per heavy atom. The Kier molecular flexibility index (Phi) is 6.45. The zero-order valence-electron chi connectivity index (χ0n) is 18.1. The Balaban J connectivity index is 1.36. The quantitative estimate of drug-likeness (QED) is 0.322. The number of rotatable bonds is 6. The van der Waals surface area contributed by atoms with Crippen LogP contribution in [0.3, 0.4) is 0 Å². The van der Waals surface area contributed by atoms with Gasteiger partial charge in [-0.2, -0.15) is 0 Å². The Morgan fingerprint density at radius 1 is 1.09 bits per heavy atom. The lowest BCUT2D eigenvalue weighted by atomic mass is 10.1. The number of hydrogen-bond acceptors (Lipinski definition) is 6. The largest absolute Gasteiger partial charge is 0.362 e. The molecule has 32 heavy (non-hydrogen) atoms. The lowest BCUT2D eigenvalue weighted by Crippen LogP contribution is -2.49. The van der Waals surface area contributed by atoms with Crippen molar-refractivity contribution in [3.05, 3.63) is 76.1 Å². The summed E-state index contributed by atoms with van der Waals surface area (Å²) in [6.07, 6.45) is 3.66. The molecule has 0 bridgehead atoms. The number of nitro benzene ring substituents is 1. The van der Waals surface area contributed by atoms with E-state index in [9.17, 15) is 14.9 Å². The number of benzene rings is 2. The van der Waals surface area contributed by atoms with Gasteiger partial charge in [0.05, 0.1) is 16.4 Å². The van der Waals surface area contributed by atoms with Crippen LogP contribution in [-0.2, 0) is 4.79 Å². The Bertz CT molecular complexity index is 1140. The molecule has 0 aliphatic carbocycles. The number of thioether (sulfide) groups is 1. The minimum atomic E-state index is -0.360. The fraction of sp³-hybridized carbons (Fsp3) is 0.304. The van der Waals surface area contributed by atoms with Gasteiger partial charge in [-0.1, -0.05) is 41.6 Å². The van der Waals surface area contributed by atoms with E-state index in [1.54, 1.807) is 24.4 Å². The maximum Gasteiger partial charge on any atom is 0.292 e. The second-order valence-electron chi connectivity index (χ2n) is 7.77. The van der Waals surface area contributed by atoms with Gasteiger partial charge >= 0.3 is 0 Å². The number of hydrogen-bond donors (Lipinski definition) is 0. The van der Waals surface area contributed by atoms with E-state index in [2.05, 4.69) is 37.0 Å². The highest BCUT2D eigenvalue weighted by Gasteiger charge is 2.25. The zero-order chi connectivity index (χ0) is 22.7. The molecule has 0 saturated carbocycles. The SMILES string of the molecule is Cc1ccc(-n2ccnc2SCC(=O)N2CCN(c3ccccc3[N+](=O)[O-])CC2)c(C)c1. The van der Waals surface area contributed by atoms with Crippen LogP contribution in [0.5, 0.6) is 0 Å². The van der Waals surface area contributed by atoms with Gasteiger partial charge in [-0.15, -0.1) is 0 Å². The number of aryl methyl sites for hydroxylation is 2. The van der Waals surface area contributed by atoms with Crippen LogP contribution in [0.15, 0.2) is 60.0 Å². The molecule has 8 nitrogen and oxygen atoms in total. The number of carbonyl (C=O) groups excluding carboxylic acids is 1. The van der Waals surface area contributed by atoms with Crippen molar-refractivity contribution < 1.29 is 9.72 Å². The van der Waals surface area contributed by atoms with Crippen LogP contribution in [0.4, 0.5) is 11.4 Å². The second-order valence-corrected chi connectivity index (χ2v) is 8.71. The first-order chi connectivity index (χ1) is 15.4. The molecule has 1 fully saturated rings. The van der Waals surface area contributed by atoms with Gasteiger partial charge in [0.15, 0.2) is 5.16 Å². The number of nitro groups is 1. The number of imidazole rings is 1.